The molecule has 0 saturated carbocycles. The lowest BCUT2D eigenvalue weighted by molar-refractivity contribution is -0.145. The Balaban J connectivity index is 2.13. The Labute approximate surface area is 82.0 Å². The predicted molar refractivity (Wildman–Crippen MR) is 53.5 cm³/mol. The summed E-state index contributed by atoms with van der Waals surface area (Å²) in [7, 11) is 1.46. The highest BCUT2D eigenvalue weighted by Gasteiger charge is 2.39. The summed E-state index contributed by atoms with van der Waals surface area (Å²) in [4.78, 5) is 11.4. The maximum absolute atomic E-state index is 11.4. The van der Waals surface area contributed by atoms with Crippen LogP contribution in [-0.2, 0) is 9.53 Å². The van der Waals surface area contributed by atoms with Gasteiger partial charge in [-0.2, -0.15) is 11.8 Å². The van der Waals surface area contributed by atoms with Crippen LogP contribution in [0.2, 0.25) is 0 Å². The zero-order valence-corrected chi connectivity index (χ0v) is 8.29. The van der Waals surface area contributed by atoms with Crippen molar-refractivity contribution < 1.29 is 9.53 Å². The third-order valence-corrected chi connectivity index (χ3v) is 3.97. The van der Waals surface area contributed by atoms with Gasteiger partial charge in [-0.05, 0) is 0 Å². The van der Waals surface area contributed by atoms with Crippen molar-refractivity contribution in [1.29, 1.82) is 0 Å². The number of carbonyl (C=O) groups excluding carboxylic acids is 1. The first-order chi connectivity index (χ1) is 6.33. The molecular weight excluding hydrogens is 184 g/mol. The number of esters is 1. The molecule has 3 unspecified atom stereocenters. The van der Waals surface area contributed by atoms with Gasteiger partial charge in [0.1, 0.15) is 0 Å². The van der Waals surface area contributed by atoms with Crippen molar-refractivity contribution in [3.63, 3.8) is 0 Å². The van der Waals surface area contributed by atoms with Crippen molar-refractivity contribution in [2.24, 2.45) is 11.8 Å². The number of allylic oxidation sites excluding steroid dienone is 3. The van der Waals surface area contributed by atoms with E-state index in [-0.39, 0.29) is 11.9 Å². The van der Waals surface area contributed by atoms with Crippen LogP contribution in [-0.4, -0.2) is 24.1 Å². The molecule has 0 aromatic heterocycles. The number of fused-ring (bicyclic) bond motifs is 1. The second-order valence-corrected chi connectivity index (χ2v) is 4.49. The average Bonchev–Trinajstić information content (AvgIpc) is 2.60. The van der Waals surface area contributed by atoms with Gasteiger partial charge in [-0.15, -0.1) is 0 Å². The highest BCUT2D eigenvalue weighted by Crippen LogP contribution is 2.40. The fraction of sp³-hybridized carbons (Fsp3) is 0.500. The molecular formula is C10H12O2S. The number of hydrogen-bond acceptors (Lipinski definition) is 3. The molecule has 0 amide bonds. The van der Waals surface area contributed by atoms with Crippen molar-refractivity contribution in [3.05, 3.63) is 24.3 Å². The second-order valence-electron chi connectivity index (χ2n) is 3.27. The number of rotatable bonds is 1. The van der Waals surface area contributed by atoms with Gasteiger partial charge in [-0.1, -0.05) is 24.3 Å². The van der Waals surface area contributed by atoms with E-state index in [1.807, 2.05) is 23.9 Å². The van der Waals surface area contributed by atoms with Gasteiger partial charge in [0.15, 0.2) is 0 Å². The molecule has 0 spiro atoms. The third kappa shape index (κ3) is 1.53. The first-order valence-corrected chi connectivity index (χ1v) is 5.42. The van der Waals surface area contributed by atoms with Gasteiger partial charge < -0.3 is 4.74 Å². The largest absolute Gasteiger partial charge is 0.469 e. The predicted octanol–water partition coefficient (Wildman–Crippen LogP) is 1.63. The molecule has 70 valence electrons. The van der Waals surface area contributed by atoms with Crippen molar-refractivity contribution in [2.45, 2.75) is 5.25 Å². The Bertz CT molecular complexity index is 270. The molecule has 1 aliphatic carbocycles. The van der Waals surface area contributed by atoms with E-state index in [4.69, 9.17) is 4.74 Å². The van der Waals surface area contributed by atoms with Gasteiger partial charge in [0.05, 0.1) is 13.0 Å². The van der Waals surface area contributed by atoms with Crippen LogP contribution in [0.5, 0.6) is 0 Å². The lowest BCUT2D eigenvalue weighted by Gasteiger charge is -2.18. The molecule has 3 atom stereocenters. The summed E-state index contributed by atoms with van der Waals surface area (Å²) in [5.41, 5.74) is 0. The van der Waals surface area contributed by atoms with E-state index in [1.165, 1.54) is 7.11 Å². The molecule has 0 radical (unpaired) electrons. The Morgan fingerprint density at radius 2 is 2.23 bits per heavy atom. The van der Waals surface area contributed by atoms with Crippen molar-refractivity contribution in [3.8, 4) is 0 Å². The minimum atomic E-state index is -0.0695. The van der Waals surface area contributed by atoms with Crippen LogP contribution in [0.15, 0.2) is 24.3 Å². The van der Waals surface area contributed by atoms with Gasteiger partial charge in [0.2, 0.25) is 0 Å². The molecule has 0 bridgehead atoms. The van der Waals surface area contributed by atoms with Crippen LogP contribution < -0.4 is 0 Å². The molecule has 1 fully saturated rings. The van der Waals surface area contributed by atoms with Crippen LogP contribution in [0.3, 0.4) is 0 Å². The summed E-state index contributed by atoms with van der Waals surface area (Å²) < 4.78 is 4.77. The number of methoxy groups -OCH3 is 1. The molecule has 2 aliphatic rings. The SMILES string of the molecule is COC(=O)C1CSC2C=CC=CC21. The van der Waals surface area contributed by atoms with E-state index in [2.05, 4.69) is 12.2 Å². The topological polar surface area (TPSA) is 26.3 Å². The summed E-state index contributed by atoms with van der Waals surface area (Å²) in [6, 6.07) is 0. The minimum Gasteiger partial charge on any atom is -0.469 e. The fourth-order valence-electron chi connectivity index (χ4n) is 1.84. The molecule has 13 heavy (non-hydrogen) atoms. The fourth-order valence-corrected chi connectivity index (χ4v) is 3.33. The molecule has 2 nitrogen and oxygen atoms in total. The van der Waals surface area contributed by atoms with Crippen LogP contribution in [0.25, 0.3) is 0 Å². The van der Waals surface area contributed by atoms with Gasteiger partial charge >= 0.3 is 5.97 Å². The van der Waals surface area contributed by atoms with E-state index in [9.17, 15) is 4.79 Å². The van der Waals surface area contributed by atoms with Crippen LogP contribution >= 0.6 is 11.8 Å². The number of ether oxygens (including phenoxy) is 1. The van der Waals surface area contributed by atoms with E-state index < -0.39 is 0 Å². The van der Waals surface area contributed by atoms with Gasteiger partial charge in [-0.25, -0.2) is 0 Å². The molecule has 0 N–H and O–H groups in total. The molecule has 1 aliphatic heterocycles. The van der Waals surface area contributed by atoms with Gasteiger partial charge in [0.25, 0.3) is 0 Å². The highest BCUT2D eigenvalue weighted by atomic mass is 32.2. The van der Waals surface area contributed by atoms with Crippen LogP contribution in [0.1, 0.15) is 0 Å². The van der Waals surface area contributed by atoms with Crippen LogP contribution in [0, 0.1) is 11.8 Å². The Morgan fingerprint density at radius 3 is 3.00 bits per heavy atom. The number of carbonyl (C=O) groups is 1. The maximum Gasteiger partial charge on any atom is 0.310 e. The Morgan fingerprint density at radius 1 is 1.46 bits per heavy atom. The van der Waals surface area contributed by atoms with Gasteiger partial charge in [0, 0.05) is 16.9 Å². The summed E-state index contributed by atoms with van der Waals surface area (Å²) in [5.74, 6) is 1.22. The van der Waals surface area contributed by atoms with E-state index >= 15 is 0 Å². The molecule has 1 heterocycles. The summed E-state index contributed by atoms with van der Waals surface area (Å²) in [6.07, 6.45) is 8.35. The maximum atomic E-state index is 11.4. The summed E-state index contributed by atoms with van der Waals surface area (Å²) in [5, 5.41) is 0.481. The van der Waals surface area contributed by atoms with Crippen molar-refractivity contribution in [1.82, 2.24) is 0 Å². The van der Waals surface area contributed by atoms with Gasteiger partial charge in [-0.3, -0.25) is 4.79 Å². The number of thioether (sulfide) groups is 1. The molecule has 0 aromatic rings. The lowest BCUT2D eigenvalue weighted by atomic mass is 9.88. The third-order valence-electron chi connectivity index (χ3n) is 2.56. The van der Waals surface area contributed by atoms with Crippen LogP contribution in [0.4, 0.5) is 0 Å². The Kier molecular flexibility index (Phi) is 2.44. The normalized spacial score (nSPS) is 35.9. The van der Waals surface area contributed by atoms with Crippen molar-refractivity contribution in [2.75, 3.05) is 12.9 Å². The highest BCUT2D eigenvalue weighted by molar-refractivity contribution is 8.00. The zero-order valence-electron chi connectivity index (χ0n) is 7.47. The summed E-state index contributed by atoms with van der Waals surface area (Å²) >= 11 is 1.84. The average molecular weight is 196 g/mol. The van der Waals surface area contributed by atoms with Crippen molar-refractivity contribution >= 4 is 17.7 Å². The quantitative estimate of drug-likeness (QED) is 0.596. The molecule has 3 heteroatoms. The van der Waals surface area contributed by atoms with E-state index in [0.717, 1.165) is 5.75 Å². The van der Waals surface area contributed by atoms with E-state index in [1.54, 1.807) is 0 Å². The number of hydrogen-bond donors (Lipinski definition) is 0. The summed E-state index contributed by atoms with van der Waals surface area (Å²) in [6.45, 7) is 0. The minimum absolute atomic E-state index is 0.0567. The zero-order chi connectivity index (χ0) is 9.26. The second kappa shape index (κ2) is 3.58. The molecule has 1 saturated heterocycles. The van der Waals surface area contributed by atoms with E-state index in [0.29, 0.717) is 11.2 Å². The first kappa shape index (κ1) is 8.88. The molecule has 0 aromatic carbocycles. The molecule has 2 rings (SSSR count). The first-order valence-electron chi connectivity index (χ1n) is 4.37. The monoisotopic (exact) mass is 196 g/mol. The smallest absolute Gasteiger partial charge is 0.310 e. The Hall–Kier alpha value is -0.700. The lowest BCUT2D eigenvalue weighted by Crippen LogP contribution is -2.25. The standard InChI is InChI=1S/C10H12O2S/c1-12-10(11)8-6-13-9-5-3-2-4-7(8)9/h2-5,7-9H,6H2,1H3.